The predicted octanol–water partition coefficient (Wildman–Crippen LogP) is 3.59. The highest BCUT2D eigenvalue weighted by Crippen LogP contribution is 2.40. The first-order valence-electron chi connectivity index (χ1n) is 11.1. The Morgan fingerprint density at radius 1 is 1.25 bits per heavy atom. The molecule has 5 nitrogen and oxygen atoms in total. The second-order valence-corrected chi connectivity index (χ2v) is 8.76. The summed E-state index contributed by atoms with van der Waals surface area (Å²) in [4.78, 5) is 28.1. The number of carbonyl (C=O) groups is 2. The van der Waals surface area contributed by atoms with Crippen LogP contribution in [0.4, 0.5) is 4.39 Å². The lowest BCUT2D eigenvalue weighted by Gasteiger charge is -2.42. The van der Waals surface area contributed by atoms with Crippen molar-refractivity contribution in [3.05, 3.63) is 72.6 Å². The Bertz CT molecular complexity index is 1010. The van der Waals surface area contributed by atoms with Crippen molar-refractivity contribution in [2.75, 3.05) is 26.2 Å². The normalized spacial score (nSPS) is 24.6. The largest absolute Gasteiger partial charge is 0.361 e. The Morgan fingerprint density at radius 3 is 2.66 bits per heavy atom. The van der Waals surface area contributed by atoms with Gasteiger partial charge in [-0.05, 0) is 41.2 Å². The maximum absolute atomic E-state index is 13.5. The molecule has 1 saturated heterocycles. The molecular formula is C26H29FN2O3. The molecule has 2 aromatic rings. The zero-order valence-corrected chi connectivity index (χ0v) is 18.4. The third-order valence-electron chi connectivity index (χ3n) is 6.39. The van der Waals surface area contributed by atoms with Crippen LogP contribution in [-0.2, 0) is 20.7 Å². The van der Waals surface area contributed by atoms with Gasteiger partial charge < -0.3 is 15.0 Å². The van der Waals surface area contributed by atoms with E-state index in [4.69, 9.17) is 4.74 Å². The molecule has 2 fully saturated rings. The minimum atomic E-state index is -1.20. The molecule has 0 bridgehead atoms. The van der Waals surface area contributed by atoms with E-state index in [1.54, 1.807) is 23.1 Å². The molecule has 32 heavy (non-hydrogen) atoms. The molecule has 1 heterocycles. The molecule has 0 radical (unpaired) electrons. The number of rotatable bonds is 7. The lowest BCUT2D eigenvalue weighted by Crippen LogP contribution is -2.62. The molecule has 6 heteroatoms. The van der Waals surface area contributed by atoms with Crippen LogP contribution in [0.15, 0.2) is 61.2 Å². The Morgan fingerprint density at radius 2 is 1.97 bits per heavy atom. The highest BCUT2D eigenvalue weighted by atomic mass is 19.1. The van der Waals surface area contributed by atoms with Gasteiger partial charge in [-0.25, -0.2) is 4.39 Å². The molecule has 3 atom stereocenters. The van der Waals surface area contributed by atoms with Crippen molar-refractivity contribution < 1.29 is 18.7 Å². The molecule has 0 aromatic heterocycles. The molecule has 1 N–H and O–H groups in total. The maximum atomic E-state index is 13.5. The number of hydrogen-bond donors (Lipinski definition) is 1. The fourth-order valence-electron chi connectivity index (χ4n) is 4.42. The van der Waals surface area contributed by atoms with Crippen LogP contribution in [0, 0.1) is 17.7 Å². The van der Waals surface area contributed by atoms with E-state index in [0.717, 1.165) is 23.1 Å². The summed E-state index contributed by atoms with van der Waals surface area (Å²) in [7, 11) is 0. The van der Waals surface area contributed by atoms with Crippen molar-refractivity contribution in [1.82, 2.24) is 10.2 Å². The SMILES string of the molecule is C=CCNC(=O)[C@]1(Cc2ccccc2-c2ccc(F)cc2)CN(C(=O)[C@H]2C[C@@H]2C)CCO1. The van der Waals surface area contributed by atoms with E-state index in [1.807, 2.05) is 24.3 Å². The molecule has 2 aliphatic rings. The fraction of sp³-hybridized carbons (Fsp3) is 0.385. The number of halogens is 1. The van der Waals surface area contributed by atoms with Crippen molar-refractivity contribution in [3.63, 3.8) is 0 Å². The zero-order chi connectivity index (χ0) is 22.7. The Kier molecular flexibility index (Phi) is 6.42. The van der Waals surface area contributed by atoms with Crippen LogP contribution >= 0.6 is 0 Å². The smallest absolute Gasteiger partial charge is 0.254 e. The van der Waals surface area contributed by atoms with Gasteiger partial charge in [0.1, 0.15) is 5.82 Å². The van der Waals surface area contributed by atoms with E-state index in [2.05, 4.69) is 18.8 Å². The summed E-state index contributed by atoms with van der Waals surface area (Å²) in [6.07, 6.45) is 2.82. The number of hydrogen-bond acceptors (Lipinski definition) is 3. The second-order valence-electron chi connectivity index (χ2n) is 8.76. The van der Waals surface area contributed by atoms with Gasteiger partial charge in [-0.1, -0.05) is 49.4 Å². The van der Waals surface area contributed by atoms with Crippen molar-refractivity contribution in [2.24, 2.45) is 11.8 Å². The summed E-state index contributed by atoms with van der Waals surface area (Å²) in [6.45, 7) is 7.06. The molecular weight excluding hydrogens is 407 g/mol. The zero-order valence-electron chi connectivity index (χ0n) is 18.4. The van der Waals surface area contributed by atoms with Gasteiger partial charge in [0.15, 0.2) is 5.60 Å². The fourth-order valence-corrected chi connectivity index (χ4v) is 4.42. The van der Waals surface area contributed by atoms with Gasteiger partial charge >= 0.3 is 0 Å². The van der Waals surface area contributed by atoms with Gasteiger partial charge in [-0.15, -0.1) is 6.58 Å². The highest BCUT2D eigenvalue weighted by Gasteiger charge is 2.49. The number of nitrogens with one attached hydrogen (secondary N) is 1. The molecule has 2 aromatic carbocycles. The number of nitrogens with zero attached hydrogens (tertiary/aromatic N) is 1. The van der Waals surface area contributed by atoms with E-state index in [0.29, 0.717) is 32.0 Å². The van der Waals surface area contributed by atoms with Crippen LogP contribution in [0.2, 0.25) is 0 Å². The first kappa shape index (κ1) is 22.2. The maximum Gasteiger partial charge on any atom is 0.254 e. The summed E-state index contributed by atoms with van der Waals surface area (Å²) in [5.41, 5.74) is 1.47. The lowest BCUT2D eigenvalue weighted by atomic mass is 9.87. The Hall–Kier alpha value is -2.99. The number of ether oxygens (including phenoxy) is 1. The average Bonchev–Trinajstić information content (AvgIpc) is 3.54. The minimum absolute atomic E-state index is 0.0496. The van der Waals surface area contributed by atoms with Crippen molar-refractivity contribution in [3.8, 4) is 11.1 Å². The topological polar surface area (TPSA) is 58.6 Å². The number of amides is 2. The summed E-state index contributed by atoms with van der Waals surface area (Å²) in [6, 6.07) is 14.0. The number of benzene rings is 2. The molecule has 2 amide bonds. The first-order chi connectivity index (χ1) is 15.4. The van der Waals surface area contributed by atoms with Gasteiger partial charge in [0.2, 0.25) is 5.91 Å². The van der Waals surface area contributed by atoms with E-state index in [1.165, 1.54) is 12.1 Å². The minimum Gasteiger partial charge on any atom is -0.361 e. The van der Waals surface area contributed by atoms with Gasteiger partial charge in [-0.3, -0.25) is 9.59 Å². The van der Waals surface area contributed by atoms with Crippen LogP contribution in [0.5, 0.6) is 0 Å². The standard InChI is InChI=1S/C26H29FN2O3/c1-3-12-28-25(31)26(17-29(13-14-32-26)24(30)23-15-18(23)2)16-20-6-4-5-7-22(20)19-8-10-21(27)11-9-19/h3-11,18,23H,1,12-17H2,2H3,(H,28,31)/t18-,23-,26-/m0/s1. The van der Waals surface area contributed by atoms with E-state index < -0.39 is 5.60 Å². The van der Waals surface area contributed by atoms with Gasteiger partial charge in [0.05, 0.1) is 13.2 Å². The summed E-state index contributed by atoms with van der Waals surface area (Å²) >= 11 is 0. The molecule has 1 saturated carbocycles. The van der Waals surface area contributed by atoms with Crippen LogP contribution in [0.3, 0.4) is 0 Å². The second kappa shape index (κ2) is 9.25. The van der Waals surface area contributed by atoms with E-state index >= 15 is 0 Å². The summed E-state index contributed by atoms with van der Waals surface area (Å²) < 4.78 is 19.6. The molecule has 168 valence electrons. The van der Waals surface area contributed by atoms with Gasteiger partial charge in [-0.2, -0.15) is 0 Å². The molecule has 0 spiro atoms. The highest BCUT2D eigenvalue weighted by molar-refractivity contribution is 5.88. The summed E-state index contributed by atoms with van der Waals surface area (Å²) in [5, 5.41) is 2.87. The monoisotopic (exact) mass is 436 g/mol. The van der Waals surface area contributed by atoms with Crippen molar-refractivity contribution in [2.45, 2.75) is 25.4 Å². The first-order valence-corrected chi connectivity index (χ1v) is 11.1. The molecule has 4 rings (SSSR count). The van der Waals surface area contributed by atoms with Crippen molar-refractivity contribution >= 4 is 11.8 Å². The third kappa shape index (κ3) is 4.60. The van der Waals surface area contributed by atoms with Gasteiger partial charge in [0.25, 0.3) is 5.91 Å². The van der Waals surface area contributed by atoms with Crippen LogP contribution in [0.25, 0.3) is 11.1 Å². The van der Waals surface area contributed by atoms with Crippen LogP contribution in [0.1, 0.15) is 18.9 Å². The van der Waals surface area contributed by atoms with Crippen LogP contribution in [-0.4, -0.2) is 48.6 Å². The number of morpholine rings is 1. The Balaban J connectivity index is 1.66. The van der Waals surface area contributed by atoms with E-state index in [-0.39, 0.29) is 30.1 Å². The number of carbonyl (C=O) groups excluding carboxylic acids is 2. The van der Waals surface area contributed by atoms with E-state index in [9.17, 15) is 14.0 Å². The average molecular weight is 437 g/mol. The summed E-state index contributed by atoms with van der Waals surface area (Å²) in [5.74, 6) is -0.00572. The quantitative estimate of drug-likeness (QED) is 0.675. The van der Waals surface area contributed by atoms with Gasteiger partial charge in [0, 0.05) is 25.4 Å². The third-order valence-corrected chi connectivity index (χ3v) is 6.39. The van der Waals surface area contributed by atoms with Crippen molar-refractivity contribution in [1.29, 1.82) is 0 Å². The Labute approximate surface area is 188 Å². The molecule has 0 unspecified atom stereocenters. The molecule has 1 aliphatic carbocycles. The predicted molar refractivity (Wildman–Crippen MR) is 121 cm³/mol. The lowest BCUT2D eigenvalue weighted by molar-refractivity contribution is -0.166. The van der Waals surface area contributed by atoms with Crippen LogP contribution < -0.4 is 5.32 Å². The molecule has 1 aliphatic heterocycles.